The van der Waals surface area contributed by atoms with Crippen LogP contribution in [0.5, 0.6) is 5.75 Å². The molecule has 1 rings (SSSR count). The third kappa shape index (κ3) is 5.22. The molecule has 0 aromatic heterocycles. The molecule has 0 unspecified atom stereocenters. The van der Waals surface area contributed by atoms with E-state index in [9.17, 15) is 5.11 Å². The third-order valence-corrected chi connectivity index (χ3v) is 2.46. The highest BCUT2D eigenvalue weighted by Gasteiger charge is 2.03. The van der Waals surface area contributed by atoms with Crippen LogP contribution in [-0.2, 0) is 11.3 Å². The SMILES string of the molecule is C=C(C)COCCNCc1cccc(Cl)c1O. The van der Waals surface area contributed by atoms with Gasteiger partial charge in [-0.25, -0.2) is 0 Å². The number of benzene rings is 1. The van der Waals surface area contributed by atoms with E-state index in [4.69, 9.17) is 16.3 Å². The van der Waals surface area contributed by atoms with Crippen molar-refractivity contribution in [2.75, 3.05) is 19.8 Å². The summed E-state index contributed by atoms with van der Waals surface area (Å²) < 4.78 is 5.34. The van der Waals surface area contributed by atoms with Crippen LogP contribution >= 0.6 is 11.6 Å². The first-order valence-electron chi connectivity index (χ1n) is 5.50. The van der Waals surface area contributed by atoms with Crippen molar-refractivity contribution in [3.8, 4) is 5.75 Å². The zero-order valence-electron chi connectivity index (χ0n) is 10.0. The minimum Gasteiger partial charge on any atom is -0.506 e. The van der Waals surface area contributed by atoms with Crippen LogP contribution in [0.25, 0.3) is 0 Å². The fraction of sp³-hybridized carbons (Fsp3) is 0.385. The minimum atomic E-state index is 0.143. The second-order valence-corrected chi connectivity index (χ2v) is 4.34. The number of ether oxygens (including phenoxy) is 1. The van der Waals surface area contributed by atoms with Crippen molar-refractivity contribution in [3.05, 3.63) is 40.9 Å². The van der Waals surface area contributed by atoms with Crippen molar-refractivity contribution >= 4 is 11.6 Å². The minimum absolute atomic E-state index is 0.143. The summed E-state index contributed by atoms with van der Waals surface area (Å²) in [6.45, 7) is 8.18. The number of rotatable bonds is 7. The highest BCUT2D eigenvalue weighted by molar-refractivity contribution is 6.32. The van der Waals surface area contributed by atoms with Gasteiger partial charge in [-0.2, -0.15) is 0 Å². The highest BCUT2D eigenvalue weighted by Crippen LogP contribution is 2.26. The van der Waals surface area contributed by atoms with Crippen LogP contribution in [0.15, 0.2) is 30.4 Å². The molecule has 1 aromatic rings. The first-order chi connectivity index (χ1) is 8.11. The molecule has 0 radical (unpaired) electrons. The lowest BCUT2D eigenvalue weighted by atomic mass is 10.2. The first-order valence-corrected chi connectivity index (χ1v) is 5.88. The van der Waals surface area contributed by atoms with E-state index in [1.807, 2.05) is 19.1 Å². The molecule has 17 heavy (non-hydrogen) atoms. The summed E-state index contributed by atoms with van der Waals surface area (Å²) in [6, 6.07) is 5.32. The van der Waals surface area contributed by atoms with E-state index >= 15 is 0 Å². The molecule has 0 bridgehead atoms. The maximum Gasteiger partial charge on any atom is 0.138 e. The summed E-state index contributed by atoms with van der Waals surface area (Å²) in [5.41, 5.74) is 1.80. The Hall–Kier alpha value is -1.03. The van der Waals surface area contributed by atoms with E-state index in [0.717, 1.165) is 17.7 Å². The topological polar surface area (TPSA) is 41.5 Å². The number of phenols is 1. The molecular formula is C13H18ClNO2. The predicted molar refractivity (Wildman–Crippen MR) is 70.5 cm³/mol. The molecule has 2 N–H and O–H groups in total. The summed E-state index contributed by atoms with van der Waals surface area (Å²) in [6.07, 6.45) is 0. The number of nitrogens with one attached hydrogen (secondary N) is 1. The molecule has 4 heteroatoms. The van der Waals surface area contributed by atoms with Gasteiger partial charge in [0, 0.05) is 18.7 Å². The zero-order valence-corrected chi connectivity index (χ0v) is 10.8. The fourth-order valence-corrected chi connectivity index (χ4v) is 1.51. The van der Waals surface area contributed by atoms with Gasteiger partial charge in [0.1, 0.15) is 5.75 Å². The van der Waals surface area contributed by atoms with E-state index < -0.39 is 0 Å². The Morgan fingerprint density at radius 1 is 1.53 bits per heavy atom. The van der Waals surface area contributed by atoms with Crippen molar-refractivity contribution in [2.45, 2.75) is 13.5 Å². The molecule has 0 atom stereocenters. The van der Waals surface area contributed by atoms with Gasteiger partial charge in [-0.15, -0.1) is 0 Å². The molecule has 0 spiro atoms. The average Bonchev–Trinajstić information content (AvgIpc) is 2.28. The summed E-state index contributed by atoms with van der Waals surface area (Å²) in [7, 11) is 0. The van der Waals surface area contributed by atoms with Crippen LogP contribution in [-0.4, -0.2) is 24.9 Å². The summed E-state index contributed by atoms with van der Waals surface area (Å²) in [5.74, 6) is 0.143. The Bertz CT molecular complexity index is 380. The van der Waals surface area contributed by atoms with Gasteiger partial charge in [-0.05, 0) is 13.0 Å². The van der Waals surface area contributed by atoms with Gasteiger partial charge in [0.2, 0.25) is 0 Å². The molecule has 0 amide bonds. The number of halogens is 1. The van der Waals surface area contributed by atoms with Crippen molar-refractivity contribution in [2.24, 2.45) is 0 Å². The predicted octanol–water partition coefficient (Wildman–Crippen LogP) is 2.73. The molecule has 0 heterocycles. The van der Waals surface area contributed by atoms with Crippen molar-refractivity contribution in [3.63, 3.8) is 0 Å². The molecule has 1 aromatic carbocycles. The molecular weight excluding hydrogens is 238 g/mol. The van der Waals surface area contributed by atoms with Gasteiger partial charge >= 0.3 is 0 Å². The standard InChI is InChI=1S/C13H18ClNO2/c1-10(2)9-17-7-6-15-8-11-4-3-5-12(14)13(11)16/h3-5,15-16H,1,6-9H2,2H3. The third-order valence-electron chi connectivity index (χ3n) is 2.16. The van der Waals surface area contributed by atoms with Gasteiger partial charge in [0.05, 0.1) is 18.2 Å². The number of para-hydroxylation sites is 1. The van der Waals surface area contributed by atoms with Crippen LogP contribution in [0, 0.1) is 0 Å². The smallest absolute Gasteiger partial charge is 0.138 e. The van der Waals surface area contributed by atoms with E-state index in [1.54, 1.807) is 6.07 Å². The molecule has 94 valence electrons. The van der Waals surface area contributed by atoms with Crippen LogP contribution in [0.4, 0.5) is 0 Å². The molecule has 0 saturated heterocycles. The van der Waals surface area contributed by atoms with E-state index in [2.05, 4.69) is 11.9 Å². The molecule has 0 aliphatic rings. The second-order valence-electron chi connectivity index (χ2n) is 3.93. The molecule has 0 aliphatic carbocycles. The Labute approximate surface area is 107 Å². The summed E-state index contributed by atoms with van der Waals surface area (Å²) >= 11 is 5.80. The molecule has 0 fully saturated rings. The first kappa shape index (κ1) is 14.0. The number of phenolic OH excluding ortho intramolecular Hbond substituents is 1. The van der Waals surface area contributed by atoms with Crippen LogP contribution < -0.4 is 5.32 Å². The Kier molecular flexibility index (Phi) is 6.05. The maximum absolute atomic E-state index is 9.66. The van der Waals surface area contributed by atoms with Crippen molar-refractivity contribution < 1.29 is 9.84 Å². The van der Waals surface area contributed by atoms with E-state index in [1.165, 1.54) is 0 Å². The highest BCUT2D eigenvalue weighted by atomic mass is 35.5. The average molecular weight is 256 g/mol. The number of hydrogen-bond acceptors (Lipinski definition) is 3. The lowest BCUT2D eigenvalue weighted by Gasteiger charge is -2.08. The van der Waals surface area contributed by atoms with Crippen LogP contribution in [0.2, 0.25) is 5.02 Å². The lowest BCUT2D eigenvalue weighted by molar-refractivity contribution is 0.157. The van der Waals surface area contributed by atoms with Crippen molar-refractivity contribution in [1.29, 1.82) is 0 Å². The summed E-state index contributed by atoms with van der Waals surface area (Å²) in [4.78, 5) is 0. The van der Waals surface area contributed by atoms with Gasteiger partial charge in [-0.3, -0.25) is 0 Å². The number of hydrogen-bond donors (Lipinski definition) is 2. The lowest BCUT2D eigenvalue weighted by Crippen LogP contribution is -2.19. The Balaban J connectivity index is 2.22. The maximum atomic E-state index is 9.66. The molecule has 3 nitrogen and oxygen atoms in total. The van der Waals surface area contributed by atoms with Gasteiger partial charge in [0.25, 0.3) is 0 Å². The normalized spacial score (nSPS) is 10.5. The largest absolute Gasteiger partial charge is 0.506 e. The van der Waals surface area contributed by atoms with E-state index in [-0.39, 0.29) is 5.75 Å². The quantitative estimate of drug-likeness (QED) is 0.582. The second kappa shape index (κ2) is 7.33. The molecule has 0 aliphatic heterocycles. The van der Waals surface area contributed by atoms with Crippen molar-refractivity contribution in [1.82, 2.24) is 5.32 Å². The Morgan fingerprint density at radius 3 is 3.00 bits per heavy atom. The fourth-order valence-electron chi connectivity index (χ4n) is 1.32. The van der Waals surface area contributed by atoms with Crippen LogP contribution in [0.1, 0.15) is 12.5 Å². The zero-order chi connectivity index (χ0) is 12.7. The van der Waals surface area contributed by atoms with Gasteiger partial charge < -0.3 is 15.2 Å². The monoisotopic (exact) mass is 255 g/mol. The molecule has 0 saturated carbocycles. The number of aromatic hydroxyl groups is 1. The van der Waals surface area contributed by atoms with E-state index in [0.29, 0.717) is 24.8 Å². The Morgan fingerprint density at radius 2 is 2.29 bits per heavy atom. The van der Waals surface area contributed by atoms with Gasteiger partial charge in [-0.1, -0.05) is 35.9 Å². The summed E-state index contributed by atoms with van der Waals surface area (Å²) in [5, 5.41) is 13.2. The van der Waals surface area contributed by atoms with Gasteiger partial charge in [0.15, 0.2) is 0 Å². The van der Waals surface area contributed by atoms with Crippen LogP contribution in [0.3, 0.4) is 0 Å².